The summed E-state index contributed by atoms with van der Waals surface area (Å²) in [6.07, 6.45) is -14.1. The van der Waals surface area contributed by atoms with Crippen LogP contribution in [-0.4, -0.2) is 30.0 Å². The second-order valence-electron chi connectivity index (χ2n) is 6.80. The molecule has 0 amide bonds. The van der Waals surface area contributed by atoms with Gasteiger partial charge in [-0.3, -0.25) is 4.74 Å². The summed E-state index contributed by atoms with van der Waals surface area (Å²) in [5.41, 5.74) is -2.58. The second-order valence-corrected chi connectivity index (χ2v) is 6.80. The van der Waals surface area contributed by atoms with E-state index < -0.39 is 40.8 Å². The van der Waals surface area contributed by atoms with Gasteiger partial charge in [0.05, 0.1) is 0 Å². The standard InChI is InChI=1S/C12H12F10O/c1-6-3-8(4-6,5-6)9(14,15)7(2,13)23-12(21,22)10(16,17)11(18,19)20/h3-5H2,1-2H3. The third kappa shape index (κ3) is 2.25. The van der Waals surface area contributed by atoms with Crippen molar-refractivity contribution >= 4 is 0 Å². The molecule has 1 nitrogen and oxygen atoms in total. The molecule has 0 aromatic heterocycles. The Bertz CT molecular complexity index is 487. The highest BCUT2D eigenvalue weighted by Crippen LogP contribution is 2.79. The van der Waals surface area contributed by atoms with E-state index in [9.17, 15) is 43.9 Å². The van der Waals surface area contributed by atoms with E-state index in [0.29, 0.717) is 0 Å². The van der Waals surface area contributed by atoms with E-state index in [1.807, 2.05) is 0 Å². The molecular weight excluding hydrogens is 350 g/mol. The van der Waals surface area contributed by atoms with E-state index in [2.05, 4.69) is 4.74 Å². The Labute approximate surface area is 124 Å². The van der Waals surface area contributed by atoms with Crippen molar-refractivity contribution in [1.82, 2.24) is 0 Å². The third-order valence-corrected chi connectivity index (χ3v) is 4.56. The van der Waals surface area contributed by atoms with Gasteiger partial charge in [0, 0.05) is 12.3 Å². The van der Waals surface area contributed by atoms with Crippen molar-refractivity contribution in [2.24, 2.45) is 10.8 Å². The second kappa shape index (κ2) is 4.26. The van der Waals surface area contributed by atoms with Gasteiger partial charge in [-0.05, 0) is 24.7 Å². The van der Waals surface area contributed by atoms with Crippen LogP contribution >= 0.6 is 0 Å². The van der Waals surface area contributed by atoms with E-state index in [1.165, 1.54) is 0 Å². The first-order chi connectivity index (χ1) is 9.83. The third-order valence-electron chi connectivity index (χ3n) is 4.56. The summed E-state index contributed by atoms with van der Waals surface area (Å²) >= 11 is 0. The van der Waals surface area contributed by atoms with Crippen molar-refractivity contribution in [3.8, 4) is 0 Å². The fourth-order valence-corrected chi connectivity index (χ4v) is 3.64. The Morgan fingerprint density at radius 1 is 0.783 bits per heavy atom. The molecule has 3 saturated carbocycles. The van der Waals surface area contributed by atoms with Crippen LogP contribution in [0.5, 0.6) is 0 Å². The zero-order valence-electron chi connectivity index (χ0n) is 11.8. The molecule has 0 aliphatic heterocycles. The van der Waals surface area contributed by atoms with Crippen LogP contribution < -0.4 is 0 Å². The average Bonchev–Trinajstić information content (AvgIpc) is 2.19. The molecule has 23 heavy (non-hydrogen) atoms. The Hall–Kier alpha value is -0.740. The Balaban J connectivity index is 2.24. The summed E-state index contributed by atoms with van der Waals surface area (Å²) in [5.74, 6) is -16.2. The summed E-state index contributed by atoms with van der Waals surface area (Å²) in [6, 6.07) is 0. The Kier molecular flexibility index (Phi) is 3.44. The van der Waals surface area contributed by atoms with Crippen LogP contribution in [0, 0.1) is 10.8 Å². The molecule has 1 atom stereocenters. The van der Waals surface area contributed by atoms with Gasteiger partial charge in [0.2, 0.25) is 0 Å². The van der Waals surface area contributed by atoms with Crippen molar-refractivity contribution in [2.45, 2.75) is 63.1 Å². The molecule has 3 fully saturated rings. The van der Waals surface area contributed by atoms with Crippen LogP contribution in [-0.2, 0) is 4.74 Å². The lowest BCUT2D eigenvalue weighted by molar-refractivity contribution is -0.487. The molecule has 0 N–H and O–H groups in total. The van der Waals surface area contributed by atoms with Crippen molar-refractivity contribution in [2.75, 3.05) is 0 Å². The number of halogens is 10. The van der Waals surface area contributed by atoms with Crippen molar-refractivity contribution in [1.29, 1.82) is 0 Å². The maximum absolute atomic E-state index is 14.1. The molecule has 0 radical (unpaired) electrons. The van der Waals surface area contributed by atoms with Gasteiger partial charge < -0.3 is 0 Å². The Morgan fingerprint density at radius 3 is 1.48 bits per heavy atom. The molecule has 11 heteroatoms. The Morgan fingerprint density at radius 2 is 1.17 bits per heavy atom. The summed E-state index contributed by atoms with van der Waals surface area (Å²) in [4.78, 5) is 0. The molecule has 0 aromatic carbocycles. The fraction of sp³-hybridized carbons (Fsp3) is 1.00. The van der Waals surface area contributed by atoms with Crippen LogP contribution in [0.1, 0.15) is 33.1 Å². The van der Waals surface area contributed by atoms with Crippen LogP contribution in [0.3, 0.4) is 0 Å². The molecule has 1 unspecified atom stereocenters. The van der Waals surface area contributed by atoms with Gasteiger partial charge in [-0.1, -0.05) is 6.92 Å². The number of hydrogen-bond acceptors (Lipinski definition) is 1. The van der Waals surface area contributed by atoms with Crippen LogP contribution in [0.2, 0.25) is 0 Å². The van der Waals surface area contributed by atoms with E-state index in [4.69, 9.17) is 0 Å². The topological polar surface area (TPSA) is 9.23 Å². The zero-order valence-corrected chi connectivity index (χ0v) is 11.8. The predicted molar refractivity (Wildman–Crippen MR) is 55.9 cm³/mol. The van der Waals surface area contributed by atoms with Crippen molar-refractivity contribution in [3.63, 3.8) is 0 Å². The average molecular weight is 362 g/mol. The van der Waals surface area contributed by atoms with Gasteiger partial charge in [0.15, 0.2) is 0 Å². The van der Waals surface area contributed by atoms with E-state index in [-0.39, 0.29) is 26.2 Å². The normalized spacial score (nSPS) is 34.4. The highest BCUT2D eigenvalue weighted by molar-refractivity contribution is 5.22. The highest BCUT2D eigenvalue weighted by Gasteiger charge is 2.83. The van der Waals surface area contributed by atoms with Gasteiger partial charge in [-0.25, -0.2) is 4.39 Å². The first-order valence-electron chi connectivity index (χ1n) is 6.42. The number of ether oxygens (including phenoxy) is 1. The lowest BCUT2D eigenvalue weighted by atomic mass is 9.33. The van der Waals surface area contributed by atoms with Crippen molar-refractivity contribution < 1.29 is 48.6 Å². The zero-order chi connectivity index (χ0) is 18.3. The summed E-state index contributed by atoms with van der Waals surface area (Å²) in [5, 5.41) is 0. The monoisotopic (exact) mass is 362 g/mol. The van der Waals surface area contributed by atoms with Gasteiger partial charge in [0.25, 0.3) is 5.85 Å². The van der Waals surface area contributed by atoms with E-state index >= 15 is 0 Å². The smallest absolute Gasteiger partial charge is 0.272 e. The lowest BCUT2D eigenvalue weighted by Gasteiger charge is -2.72. The maximum atomic E-state index is 14.1. The largest absolute Gasteiger partial charge is 0.462 e. The molecule has 0 spiro atoms. The first-order valence-corrected chi connectivity index (χ1v) is 6.42. The molecule has 3 aliphatic rings. The summed E-state index contributed by atoms with van der Waals surface area (Å²) in [6.45, 7) is 1.31. The van der Waals surface area contributed by atoms with Crippen LogP contribution in [0.4, 0.5) is 43.9 Å². The highest BCUT2D eigenvalue weighted by atomic mass is 19.4. The predicted octanol–water partition coefficient (Wildman–Crippen LogP) is 5.30. The minimum Gasteiger partial charge on any atom is -0.272 e. The molecule has 3 rings (SSSR count). The molecule has 0 saturated heterocycles. The number of alkyl halides is 10. The van der Waals surface area contributed by atoms with E-state index in [1.54, 1.807) is 6.92 Å². The molecule has 0 aromatic rings. The van der Waals surface area contributed by atoms with Crippen LogP contribution in [0.25, 0.3) is 0 Å². The quantitative estimate of drug-likeness (QED) is 0.603. The van der Waals surface area contributed by atoms with Gasteiger partial charge in [-0.2, -0.15) is 39.5 Å². The molecule has 3 aliphatic carbocycles. The van der Waals surface area contributed by atoms with Crippen LogP contribution in [0.15, 0.2) is 0 Å². The van der Waals surface area contributed by atoms with Gasteiger partial charge in [-0.15, -0.1) is 0 Å². The molecule has 0 heterocycles. The fourth-order valence-electron chi connectivity index (χ4n) is 3.64. The minimum atomic E-state index is -6.82. The SMILES string of the molecule is CC12CC(C(F)(F)C(C)(F)OC(F)(F)C(F)(F)C(F)(F)F)(C1)C2. The van der Waals surface area contributed by atoms with E-state index in [0.717, 1.165) is 0 Å². The minimum absolute atomic E-state index is 0.253. The lowest BCUT2D eigenvalue weighted by Crippen LogP contribution is -2.73. The number of hydrogen-bond donors (Lipinski definition) is 0. The summed E-state index contributed by atoms with van der Waals surface area (Å²) < 4.78 is 132. The molecule has 2 bridgehead atoms. The number of rotatable bonds is 5. The van der Waals surface area contributed by atoms with Gasteiger partial charge in [0.1, 0.15) is 0 Å². The maximum Gasteiger partial charge on any atom is 0.462 e. The van der Waals surface area contributed by atoms with Crippen molar-refractivity contribution in [3.05, 3.63) is 0 Å². The first kappa shape index (κ1) is 18.6. The molecular formula is C12H12F10O. The van der Waals surface area contributed by atoms with Gasteiger partial charge >= 0.3 is 24.1 Å². The summed E-state index contributed by atoms with van der Waals surface area (Å²) in [7, 11) is 0. The molecule has 136 valence electrons.